The lowest BCUT2D eigenvalue weighted by Gasteiger charge is -2.16. The van der Waals surface area contributed by atoms with Crippen molar-refractivity contribution in [3.05, 3.63) is 102 Å². The Bertz CT molecular complexity index is 1220. The van der Waals surface area contributed by atoms with Gasteiger partial charge in [0.1, 0.15) is 0 Å². The van der Waals surface area contributed by atoms with E-state index in [-0.39, 0.29) is 11.9 Å². The topological polar surface area (TPSA) is 54.0 Å². The molecule has 1 unspecified atom stereocenters. The van der Waals surface area contributed by atoms with Crippen LogP contribution in [0, 0.1) is 0 Å². The van der Waals surface area contributed by atoms with Gasteiger partial charge in [0, 0.05) is 11.6 Å². The van der Waals surface area contributed by atoms with Crippen LogP contribution in [0.4, 0.5) is 5.69 Å². The third-order valence-electron chi connectivity index (χ3n) is 5.48. The van der Waals surface area contributed by atoms with Gasteiger partial charge in [-0.25, -0.2) is 0 Å². The second-order valence-corrected chi connectivity index (χ2v) is 8.19. The van der Waals surface area contributed by atoms with Crippen LogP contribution < -0.4 is 10.0 Å². The standard InChI is InChI=1S/C25H21N3OS/c29-25(27-21-15-14-17-7-1-2-10-19(17)21)20-11-3-4-12-22(20)28-30-23-13-5-8-18-9-6-16-26-24(18)23/h1-13,16,21,28H,14-15H2,(H,27,29). The van der Waals surface area contributed by atoms with E-state index in [9.17, 15) is 4.79 Å². The number of nitrogens with zero attached hydrogens (tertiary/aromatic N) is 1. The van der Waals surface area contributed by atoms with E-state index in [1.54, 1.807) is 6.20 Å². The van der Waals surface area contributed by atoms with Gasteiger partial charge in [0.25, 0.3) is 5.91 Å². The van der Waals surface area contributed by atoms with Gasteiger partial charge in [-0.3, -0.25) is 9.78 Å². The minimum atomic E-state index is -0.0588. The summed E-state index contributed by atoms with van der Waals surface area (Å²) >= 11 is 1.47. The lowest BCUT2D eigenvalue weighted by atomic mass is 10.1. The summed E-state index contributed by atoms with van der Waals surface area (Å²) < 4.78 is 3.36. The summed E-state index contributed by atoms with van der Waals surface area (Å²) in [5.41, 5.74) is 4.93. The van der Waals surface area contributed by atoms with Gasteiger partial charge >= 0.3 is 0 Å². The molecule has 1 atom stereocenters. The molecule has 1 aliphatic carbocycles. The van der Waals surface area contributed by atoms with E-state index in [2.05, 4.69) is 33.2 Å². The van der Waals surface area contributed by atoms with Crippen molar-refractivity contribution in [2.24, 2.45) is 0 Å². The zero-order valence-corrected chi connectivity index (χ0v) is 17.2. The number of benzene rings is 3. The molecule has 1 aliphatic rings. The number of hydrogen-bond acceptors (Lipinski definition) is 4. The number of nitrogens with one attached hydrogen (secondary N) is 2. The van der Waals surface area contributed by atoms with Crippen LogP contribution in [0.25, 0.3) is 10.9 Å². The first-order valence-corrected chi connectivity index (χ1v) is 10.9. The fourth-order valence-electron chi connectivity index (χ4n) is 3.98. The van der Waals surface area contributed by atoms with Crippen LogP contribution in [0.1, 0.15) is 33.9 Å². The third kappa shape index (κ3) is 3.64. The molecule has 5 rings (SSSR count). The highest BCUT2D eigenvalue weighted by Gasteiger charge is 2.24. The van der Waals surface area contributed by atoms with Crippen molar-refractivity contribution in [1.29, 1.82) is 0 Å². The molecule has 1 amide bonds. The number of carbonyl (C=O) groups is 1. The average Bonchev–Trinajstić information content (AvgIpc) is 3.20. The number of para-hydroxylation sites is 2. The number of rotatable bonds is 5. The first-order chi connectivity index (χ1) is 14.8. The van der Waals surface area contributed by atoms with E-state index in [4.69, 9.17) is 0 Å². The summed E-state index contributed by atoms with van der Waals surface area (Å²) in [6, 6.07) is 26.1. The summed E-state index contributed by atoms with van der Waals surface area (Å²) in [5.74, 6) is -0.0588. The monoisotopic (exact) mass is 411 g/mol. The molecule has 0 saturated carbocycles. The van der Waals surface area contributed by atoms with E-state index >= 15 is 0 Å². The molecule has 0 aliphatic heterocycles. The number of fused-ring (bicyclic) bond motifs is 2. The number of aryl methyl sites for hydroxylation is 1. The van der Waals surface area contributed by atoms with Gasteiger partial charge in [-0.2, -0.15) is 0 Å². The second kappa shape index (κ2) is 8.20. The van der Waals surface area contributed by atoms with Crippen LogP contribution >= 0.6 is 11.9 Å². The SMILES string of the molecule is O=C(NC1CCc2ccccc21)c1ccccc1NSc1cccc2cccnc12. The molecule has 1 aromatic heterocycles. The largest absolute Gasteiger partial charge is 0.345 e. The molecule has 5 heteroatoms. The predicted molar refractivity (Wildman–Crippen MR) is 123 cm³/mol. The Morgan fingerprint density at radius 1 is 0.933 bits per heavy atom. The molecular weight excluding hydrogens is 390 g/mol. The van der Waals surface area contributed by atoms with Crippen molar-refractivity contribution >= 4 is 34.4 Å². The van der Waals surface area contributed by atoms with E-state index in [0.717, 1.165) is 34.3 Å². The van der Waals surface area contributed by atoms with Gasteiger partial charge in [-0.15, -0.1) is 0 Å². The number of pyridine rings is 1. The number of aromatic nitrogens is 1. The smallest absolute Gasteiger partial charge is 0.253 e. The Hall–Kier alpha value is -3.31. The first kappa shape index (κ1) is 18.7. The summed E-state index contributed by atoms with van der Waals surface area (Å²) in [7, 11) is 0. The maximum atomic E-state index is 13.1. The summed E-state index contributed by atoms with van der Waals surface area (Å²) in [6.45, 7) is 0. The van der Waals surface area contributed by atoms with E-state index < -0.39 is 0 Å². The van der Waals surface area contributed by atoms with Gasteiger partial charge < -0.3 is 10.0 Å². The van der Waals surface area contributed by atoms with Gasteiger partial charge in [-0.1, -0.05) is 54.6 Å². The minimum Gasteiger partial charge on any atom is -0.345 e. The molecule has 0 spiro atoms. The highest BCUT2D eigenvalue weighted by atomic mass is 32.2. The van der Waals surface area contributed by atoms with Crippen LogP contribution in [-0.2, 0) is 6.42 Å². The van der Waals surface area contributed by atoms with Crippen molar-refractivity contribution in [3.8, 4) is 0 Å². The molecule has 3 aromatic carbocycles. The van der Waals surface area contributed by atoms with Crippen molar-refractivity contribution in [2.75, 3.05) is 4.72 Å². The molecule has 0 radical (unpaired) electrons. The number of hydrogen-bond donors (Lipinski definition) is 2. The van der Waals surface area contributed by atoms with Crippen LogP contribution in [0.15, 0.2) is 90.0 Å². The van der Waals surface area contributed by atoms with Crippen LogP contribution in [-0.4, -0.2) is 10.9 Å². The van der Waals surface area contributed by atoms with Gasteiger partial charge in [0.05, 0.1) is 27.7 Å². The van der Waals surface area contributed by atoms with Crippen molar-refractivity contribution in [2.45, 2.75) is 23.8 Å². The summed E-state index contributed by atoms with van der Waals surface area (Å²) in [6.07, 6.45) is 3.75. The molecule has 30 heavy (non-hydrogen) atoms. The quantitative estimate of drug-likeness (QED) is 0.409. The normalized spacial score (nSPS) is 15.0. The van der Waals surface area contributed by atoms with Crippen LogP contribution in [0.5, 0.6) is 0 Å². The zero-order chi connectivity index (χ0) is 20.3. The van der Waals surface area contributed by atoms with Gasteiger partial charge in [-0.05, 0) is 60.2 Å². The molecular formula is C25H21N3OS. The average molecular weight is 412 g/mol. The highest BCUT2D eigenvalue weighted by molar-refractivity contribution is 8.00. The molecule has 2 N–H and O–H groups in total. The Kier molecular flexibility index (Phi) is 5.11. The Labute approximate surface area is 179 Å². The first-order valence-electron chi connectivity index (χ1n) is 10.0. The summed E-state index contributed by atoms with van der Waals surface area (Å²) in [4.78, 5) is 18.6. The van der Waals surface area contributed by atoms with E-state index in [0.29, 0.717) is 5.56 Å². The second-order valence-electron chi connectivity index (χ2n) is 7.34. The minimum absolute atomic E-state index is 0.0588. The van der Waals surface area contributed by atoms with E-state index in [1.807, 2.05) is 60.7 Å². The number of carbonyl (C=O) groups excluding carboxylic acids is 1. The molecule has 4 aromatic rings. The highest BCUT2D eigenvalue weighted by Crippen LogP contribution is 2.32. The van der Waals surface area contributed by atoms with E-state index in [1.165, 1.54) is 23.1 Å². The van der Waals surface area contributed by atoms with Crippen molar-refractivity contribution in [3.63, 3.8) is 0 Å². The molecule has 1 heterocycles. The fraction of sp³-hybridized carbons (Fsp3) is 0.120. The molecule has 4 nitrogen and oxygen atoms in total. The molecule has 0 bridgehead atoms. The zero-order valence-electron chi connectivity index (χ0n) is 16.3. The van der Waals surface area contributed by atoms with Gasteiger partial charge in [0.15, 0.2) is 0 Å². The Morgan fingerprint density at radius 3 is 2.73 bits per heavy atom. The molecule has 0 saturated heterocycles. The fourth-order valence-corrected chi connectivity index (χ4v) is 4.79. The Morgan fingerprint density at radius 2 is 1.77 bits per heavy atom. The third-order valence-corrected chi connectivity index (χ3v) is 6.35. The van der Waals surface area contributed by atoms with Crippen LogP contribution in [0.3, 0.4) is 0 Å². The molecule has 148 valence electrons. The Balaban J connectivity index is 1.35. The number of anilines is 1. The predicted octanol–water partition coefficient (Wildman–Crippen LogP) is 5.77. The lowest BCUT2D eigenvalue weighted by molar-refractivity contribution is 0.0937. The lowest BCUT2D eigenvalue weighted by Crippen LogP contribution is -2.27. The maximum Gasteiger partial charge on any atom is 0.253 e. The maximum absolute atomic E-state index is 13.1. The van der Waals surface area contributed by atoms with Crippen molar-refractivity contribution < 1.29 is 4.79 Å². The number of amides is 1. The van der Waals surface area contributed by atoms with Crippen molar-refractivity contribution in [1.82, 2.24) is 10.3 Å². The van der Waals surface area contributed by atoms with Gasteiger partial charge in [0.2, 0.25) is 0 Å². The molecule has 0 fully saturated rings. The summed E-state index contributed by atoms with van der Waals surface area (Å²) in [5, 5.41) is 4.31. The van der Waals surface area contributed by atoms with Crippen LogP contribution in [0.2, 0.25) is 0 Å².